The van der Waals surface area contributed by atoms with Crippen LogP contribution in [0.2, 0.25) is 5.02 Å². The van der Waals surface area contributed by atoms with Gasteiger partial charge in [-0.1, -0.05) is 51.4 Å². The Bertz CT molecular complexity index is 371. The lowest BCUT2D eigenvalue weighted by molar-refractivity contribution is 0.112. The van der Waals surface area contributed by atoms with E-state index in [1.165, 1.54) is 5.56 Å². The highest BCUT2D eigenvalue weighted by Crippen LogP contribution is 2.27. The lowest BCUT2D eigenvalue weighted by Crippen LogP contribution is -2.43. The van der Waals surface area contributed by atoms with Gasteiger partial charge in [0.15, 0.2) is 0 Å². The van der Waals surface area contributed by atoms with Crippen molar-refractivity contribution in [1.82, 2.24) is 4.90 Å². The van der Waals surface area contributed by atoms with Gasteiger partial charge in [-0.05, 0) is 36.5 Å². The van der Waals surface area contributed by atoms with Gasteiger partial charge >= 0.3 is 0 Å². The van der Waals surface area contributed by atoms with Gasteiger partial charge in [-0.25, -0.2) is 0 Å². The Hall–Kier alpha value is -0.570. The molecule has 0 saturated heterocycles. The molecule has 0 aromatic heterocycles. The first-order valence-corrected chi connectivity index (χ1v) is 8.12. The minimum Gasteiger partial charge on any atom is -0.329 e. The van der Waals surface area contributed by atoms with Crippen LogP contribution in [0.25, 0.3) is 0 Å². The van der Waals surface area contributed by atoms with Crippen LogP contribution in [-0.2, 0) is 0 Å². The van der Waals surface area contributed by atoms with Crippen LogP contribution >= 0.6 is 11.6 Å². The quantitative estimate of drug-likeness (QED) is 0.766. The molecule has 1 atom stereocenters. The van der Waals surface area contributed by atoms with E-state index in [4.69, 9.17) is 17.3 Å². The number of rotatable bonds is 8. The van der Waals surface area contributed by atoms with Gasteiger partial charge in [-0.3, -0.25) is 4.90 Å². The first kappa shape index (κ1) is 17.5. The maximum Gasteiger partial charge on any atom is 0.0473 e. The van der Waals surface area contributed by atoms with Crippen molar-refractivity contribution in [1.29, 1.82) is 0 Å². The van der Waals surface area contributed by atoms with Gasteiger partial charge in [0.25, 0.3) is 0 Å². The van der Waals surface area contributed by atoms with Gasteiger partial charge in [0, 0.05) is 30.2 Å². The molecule has 0 aliphatic rings. The number of hydrogen-bond donors (Lipinski definition) is 1. The highest BCUT2D eigenvalue weighted by atomic mass is 35.5. The Morgan fingerprint density at radius 1 is 1.10 bits per heavy atom. The zero-order chi connectivity index (χ0) is 15.1. The Morgan fingerprint density at radius 3 is 2.05 bits per heavy atom. The van der Waals surface area contributed by atoms with Crippen molar-refractivity contribution >= 4 is 11.6 Å². The summed E-state index contributed by atoms with van der Waals surface area (Å²) in [4.78, 5) is 2.58. The van der Waals surface area contributed by atoms with Crippen LogP contribution in [0.4, 0.5) is 0 Å². The van der Waals surface area contributed by atoms with Crippen LogP contribution < -0.4 is 5.73 Å². The number of nitrogens with two attached hydrogens (primary N) is 1. The van der Waals surface area contributed by atoms with Crippen molar-refractivity contribution in [2.75, 3.05) is 13.1 Å². The van der Waals surface area contributed by atoms with Crippen molar-refractivity contribution < 1.29 is 0 Å². The molecule has 2 N–H and O–H groups in total. The first-order valence-electron chi connectivity index (χ1n) is 7.74. The molecule has 0 saturated carbocycles. The van der Waals surface area contributed by atoms with Gasteiger partial charge in [0.05, 0.1) is 0 Å². The average molecular weight is 297 g/mol. The maximum absolute atomic E-state index is 6.09. The standard InChI is InChI=1S/C17H29ClN2/c1-5-16(6-2)20(12-13(3)4)17(11-19)14-7-9-15(18)10-8-14/h7-10,13,16-17H,5-6,11-12,19H2,1-4H3. The predicted octanol–water partition coefficient (Wildman–Crippen LogP) is 4.49. The van der Waals surface area contributed by atoms with Crippen molar-refractivity contribution in [2.24, 2.45) is 11.7 Å². The first-order chi connectivity index (χ1) is 9.53. The van der Waals surface area contributed by atoms with Crippen molar-refractivity contribution in [3.8, 4) is 0 Å². The number of nitrogens with zero attached hydrogens (tertiary/aromatic N) is 1. The topological polar surface area (TPSA) is 29.3 Å². The van der Waals surface area contributed by atoms with Crippen molar-refractivity contribution in [2.45, 2.75) is 52.6 Å². The zero-order valence-corrected chi connectivity index (χ0v) is 14.0. The molecular weight excluding hydrogens is 268 g/mol. The molecule has 0 aliphatic carbocycles. The largest absolute Gasteiger partial charge is 0.329 e. The molecule has 1 aromatic rings. The lowest BCUT2D eigenvalue weighted by Gasteiger charge is -2.38. The van der Waals surface area contributed by atoms with E-state index in [0.717, 1.165) is 24.4 Å². The van der Waals surface area contributed by atoms with E-state index >= 15 is 0 Å². The Labute approximate surface area is 129 Å². The maximum atomic E-state index is 6.09. The van der Waals surface area contributed by atoms with E-state index in [1.807, 2.05) is 12.1 Å². The second-order valence-corrected chi connectivity index (χ2v) is 6.30. The summed E-state index contributed by atoms with van der Waals surface area (Å²) in [5.74, 6) is 0.636. The van der Waals surface area contributed by atoms with E-state index < -0.39 is 0 Å². The van der Waals surface area contributed by atoms with Crippen molar-refractivity contribution in [3.05, 3.63) is 34.9 Å². The van der Waals surface area contributed by atoms with Gasteiger partial charge in [0.2, 0.25) is 0 Å². The second-order valence-electron chi connectivity index (χ2n) is 5.86. The zero-order valence-electron chi connectivity index (χ0n) is 13.3. The lowest BCUT2D eigenvalue weighted by atomic mass is 9.99. The van der Waals surface area contributed by atoms with Crippen LogP contribution in [0, 0.1) is 5.92 Å². The van der Waals surface area contributed by atoms with E-state index in [0.29, 0.717) is 18.5 Å². The fourth-order valence-corrected chi connectivity index (χ4v) is 2.98. The molecule has 0 aliphatic heterocycles. The molecule has 0 radical (unpaired) electrons. The smallest absolute Gasteiger partial charge is 0.0473 e. The second kappa shape index (κ2) is 8.66. The van der Waals surface area contributed by atoms with Crippen LogP contribution in [0.3, 0.4) is 0 Å². The molecule has 0 heterocycles. The monoisotopic (exact) mass is 296 g/mol. The Balaban J connectivity index is 3.03. The summed E-state index contributed by atoms with van der Waals surface area (Å²) in [5, 5.41) is 0.780. The highest BCUT2D eigenvalue weighted by molar-refractivity contribution is 6.30. The summed E-state index contributed by atoms with van der Waals surface area (Å²) in [6.07, 6.45) is 2.32. The summed E-state index contributed by atoms with van der Waals surface area (Å²) in [5.41, 5.74) is 7.36. The SMILES string of the molecule is CCC(CC)N(CC(C)C)C(CN)c1ccc(Cl)cc1. The fraction of sp³-hybridized carbons (Fsp3) is 0.647. The molecule has 3 heteroatoms. The fourth-order valence-electron chi connectivity index (χ4n) is 2.86. The highest BCUT2D eigenvalue weighted by Gasteiger charge is 2.25. The molecule has 114 valence electrons. The van der Waals surface area contributed by atoms with Crippen LogP contribution in [0.1, 0.15) is 52.1 Å². The molecule has 1 unspecified atom stereocenters. The third-order valence-corrected chi connectivity index (χ3v) is 4.12. The third kappa shape index (κ3) is 4.76. The average Bonchev–Trinajstić information content (AvgIpc) is 2.42. The molecule has 0 amide bonds. The van der Waals surface area contributed by atoms with Crippen LogP contribution in [0.15, 0.2) is 24.3 Å². The van der Waals surface area contributed by atoms with Crippen LogP contribution in [-0.4, -0.2) is 24.0 Å². The Morgan fingerprint density at radius 2 is 1.65 bits per heavy atom. The van der Waals surface area contributed by atoms with E-state index in [9.17, 15) is 0 Å². The number of benzene rings is 1. The number of hydrogen-bond acceptors (Lipinski definition) is 2. The molecule has 1 aromatic carbocycles. The van der Waals surface area contributed by atoms with E-state index in [-0.39, 0.29) is 6.04 Å². The number of halogens is 1. The Kier molecular flexibility index (Phi) is 7.57. The molecule has 0 spiro atoms. The molecule has 0 bridgehead atoms. The van der Waals surface area contributed by atoms with Gasteiger partial charge in [0.1, 0.15) is 0 Å². The minimum atomic E-state index is 0.277. The molecule has 1 rings (SSSR count). The van der Waals surface area contributed by atoms with Crippen LogP contribution in [0.5, 0.6) is 0 Å². The summed E-state index contributed by atoms with van der Waals surface area (Å²) < 4.78 is 0. The molecule has 0 fully saturated rings. The normalized spacial score (nSPS) is 13.4. The van der Waals surface area contributed by atoms with Gasteiger partial charge < -0.3 is 5.73 Å². The predicted molar refractivity (Wildman–Crippen MR) is 89.2 cm³/mol. The molecule has 20 heavy (non-hydrogen) atoms. The summed E-state index contributed by atoms with van der Waals surface area (Å²) in [6, 6.07) is 8.99. The third-order valence-electron chi connectivity index (χ3n) is 3.87. The van der Waals surface area contributed by atoms with Gasteiger partial charge in [-0.15, -0.1) is 0 Å². The molecular formula is C17H29ClN2. The summed E-state index contributed by atoms with van der Waals surface area (Å²) >= 11 is 6.00. The summed E-state index contributed by atoms with van der Waals surface area (Å²) in [7, 11) is 0. The van der Waals surface area contributed by atoms with E-state index in [1.54, 1.807) is 0 Å². The molecule has 2 nitrogen and oxygen atoms in total. The van der Waals surface area contributed by atoms with Crippen molar-refractivity contribution in [3.63, 3.8) is 0 Å². The van der Waals surface area contributed by atoms with E-state index in [2.05, 4.69) is 44.7 Å². The summed E-state index contributed by atoms with van der Waals surface area (Å²) in [6.45, 7) is 10.8. The van der Waals surface area contributed by atoms with Gasteiger partial charge in [-0.2, -0.15) is 0 Å². The minimum absolute atomic E-state index is 0.277.